The van der Waals surface area contributed by atoms with Crippen LogP contribution in [0.2, 0.25) is 0 Å². The van der Waals surface area contributed by atoms with Crippen LogP contribution in [-0.4, -0.2) is 29.6 Å². The first kappa shape index (κ1) is 25.9. The largest absolute Gasteiger partial charge is 0.321 e. The van der Waals surface area contributed by atoms with Crippen molar-refractivity contribution in [2.24, 2.45) is 10.9 Å². The highest BCUT2D eigenvalue weighted by Crippen LogP contribution is 2.35. The Hall–Kier alpha value is -3.78. The zero-order valence-corrected chi connectivity index (χ0v) is 22.5. The van der Waals surface area contributed by atoms with E-state index in [0.717, 1.165) is 53.8 Å². The SMILES string of the molecule is CC(=O)c1sccc1CN1C(=O)C(NC(=O)Nc2cccc(C)c2)N=C(C2CCCCC2)c2ccccc21. The summed E-state index contributed by atoms with van der Waals surface area (Å²) in [4.78, 5) is 46.6. The molecule has 0 saturated heterocycles. The van der Waals surface area contributed by atoms with Crippen molar-refractivity contribution in [2.75, 3.05) is 10.2 Å². The second-order valence-electron chi connectivity index (χ2n) is 9.99. The van der Waals surface area contributed by atoms with Crippen LogP contribution in [-0.2, 0) is 11.3 Å². The van der Waals surface area contributed by atoms with Gasteiger partial charge in [-0.3, -0.25) is 14.6 Å². The standard InChI is InChI=1S/C30H32N4O3S/c1-19-9-8-12-23(17-19)31-30(37)33-28-29(36)34(18-22-15-16-38-27(22)20(2)35)25-14-7-6-13-24(25)26(32-28)21-10-4-3-5-11-21/h6-9,12-17,21,28H,3-5,10-11,18H2,1-2H3,(H2,31,33,37). The van der Waals surface area contributed by atoms with Crippen LogP contribution in [0.25, 0.3) is 0 Å². The van der Waals surface area contributed by atoms with Crippen molar-refractivity contribution in [1.29, 1.82) is 0 Å². The van der Waals surface area contributed by atoms with Gasteiger partial charge in [-0.15, -0.1) is 11.3 Å². The minimum atomic E-state index is -1.09. The summed E-state index contributed by atoms with van der Waals surface area (Å²) < 4.78 is 0. The van der Waals surface area contributed by atoms with Crippen molar-refractivity contribution in [3.8, 4) is 0 Å². The van der Waals surface area contributed by atoms with Gasteiger partial charge in [-0.25, -0.2) is 4.79 Å². The van der Waals surface area contributed by atoms with E-state index >= 15 is 0 Å². The smallest absolute Gasteiger partial charge is 0.308 e. The summed E-state index contributed by atoms with van der Waals surface area (Å²) in [5.41, 5.74) is 4.99. The Morgan fingerprint density at radius 3 is 2.61 bits per heavy atom. The third-order valence-corrected chi connectivity index (χ3v) is 8.23. The van der Waals surface area contributed by atoms with E-state index in [1.54, 1.807) is 11.0 Å². The fourth-order valence-corrected chi connectivity index (χ4v) is 6.19. The number of carbonyl (C=O) groups excluding carboxylic acids is 3. The summed E-state index contributed by atoms with van der Waals surface area (Å²) in [6.45, 7) is 3.71. The summed E-state index contributed by atoms with van der Waals surface area (Å²) in [5.74, 6) is -0.143. The maximum Gasteiger partial charge on any atom is 0.321 e. The van der Waals surface area contributed by atoms with E-state index in [0.29, 0.717) is 10.6 Å². The highest BCUT2D eigenvalue weighted by Gasteiger charge is 2.35. The molecule has 1 aliphatic heterocycles. The van der Waals surface area contributed by atoms with Crippen molar-refractivity contribution in [3.63, 3.8) is 0 Å². The minimum Gasteiger partial charge on any atom is -0.308 e. The number of rotatable bonds is 6. The molecule has 2 aromatic carbocycles. The van der Waals surface area contributed by atoms with Crippen LogP contribution in [0.15, 0.2) is 65.0 Å². The first-order valence-electron chi connectivity index (χ1n) is 13.1. The molecule has 2 heterocycles. The zero-order valence-electron chi connectivity index (χ0n) is 21.7. The van der Waals surface area contributed by atoms with Crippen LogP contribution < -0.4 is 15.5 Å². The predicted octanol–water partition coefficient (Wildman–Crippen LogP) is 6.32. The number of hydrogen-bond donors (Lipinski definition) is 2. The third kappa shape index (κ3) is 5.55. The Kier molecular flexibility index (Phi) is 7.69. The van der Waals surface area contributed by atoms with Crippen molar-refractivity contribution in [1.82, 2.24) is 5.32 Å². The van der Waals surface area contributed by atoms with E-state index in [1.807, 2.05) is 60.8 Å². The van der Waals surface area contributed by atoms with Gasteiger partial charge in [0.15, 0.2) is 5.78 Å². The molecule has 3 aromatic rings. The van der Waals surface area contributed by atoms with Gasteiger partial charge in [0.2, 0.25) is 6.17 Å². The number of benzodiazepines with no additional fused rings is 1. The van der Waals surface area contributed by atoms with E-state index in [1.165, 1.54) is 24.7 Å². The van der Waals surface area contributed by atoms with Crippen LogP contribution in [0.5, 0.6) is 0 Å². The predicted molar refractivity (Wildman–Crippen MR) is 152 cm³/mol. The molecular weight excluding hydrogens is 496 g/mol. The summed E-state index contributed by atoms with van der Waals surface area (Å²) in [7, 11) is 0. The zero-order chi connectivity index (χ0) is 26.6. The molecule has 1 unspecified atom stereocenters. The molecular formula is C30H32N4O3S. The van der Waals surface area contributed by atoms with Crippen LogP contribution in [0.3, 0.4) is 0 Å². The van der Waals surface area contributed by atoms with Gasteiger partial charge in [0.05, 0.1) is 22.8 Å². The summed E-state index contributed by atoms with van der Waals surface area (Å²) >= 11 is 1.38. The lowest BCUT2D eigenvalue weighted by atomic mass is 9.82. The number of aliphatic imine (C=N–C) groups is 1. The fraction of sp³-hybridized carbons (Fsp3) is 0.333. The van der Waals surface area contributed by atoms with Crippen molar-refractivity contribution in [2.45, 2.75) is 58.7 Å². The number of fused-ring (bicyclic) bond motifs is 1. The Morgan fingerprint density at radius 1 is 1.05 bits per heavy atom. The fourth-order valence-electron chi connectivity index (χ4n) is 5.37. The monoisotopic (exact) mass is 528 g/mol. The van der Waals surface area contributed by atoms with E-state index < -0.39 is 12.2 Å². The van der Waals surface area contributed by atoms with Crippen molar-refractivity contribution in [3.05, 3.63) is 81.5 Å². The number of anilines is 2. The van der Waals surface area contributed by atoms with Crippen LogP contribution in [0.4, 0.5) is 16.2 Å². The van der Waals surface area contributed by atoms with Crippen molar-refractivity contribution < 1.29 is 14.4 Å². The van der Waals surface area contributed by atoms with Crippen LogP contribution in [0, 0.1) is 12.8 Å². The third-order valence-electron chi connectivity index (χ3n) is 7.17. The van der Waals surface area contributed by atoms with Gasteiger partial charge in [-0.05, 0) is 67.5 Å². The van der Waals surface area contributed by atoms with Gasteiger partial charge in [0.25, 0.3) is 5.91 Å². The molecule has 196 valence electrons. The molecule has 0 radical (unpaired) electrons. The normalized spacial score (nSPS) is 17.8. The van der Waals surface area contributed by atoms with Crippen molar-refractivity contribution >= 4 is 46.1 Å². The lowest BCUT2D eigenvalue weighted by molar-refractivity contribution is -0.120. The van der Waals surface area contributed by atoms with Gasteiger partial charge in [0.1, 0.15) is 0 Å². The van der Waals surface area contributed by atoms with Gasteiger partial charge in [-0.2, -0.15) is 0 Å². The first-order chi connectivity index (χ1) is 18.4. The molecule has 1 fully saturated rings. The molecule has 2 N–H and O–H groups in total. The number of urea groups is 1. The Labute approximate surface area is 227 Å². The molecule has 1 aromatic heterocycles. The highest BCUT2D eigenvalue weighted by atomic mass is 32.1. The van der Waals surface area contributed by atoms with Gasteiger partial charge < -0.3 is 15.5 Å². The number of nitrogens with zero attached hydrogens (tertiary/aromatic N) is 2. The molecule has 1 aliphatic carbocycles. The lowest BCUT2D eigenvalue weighted by Crippen LogP contribution is -2.48. The van der Waals surface area contributed by atoms with E-state index in [2.05, 4.69) is 10.6 Å². The molecule has 3 amide bonds. The van der Waals surface area contributed by atoms with E-state index in [9.17, 15) is 14.4 Å². The molecule has 0 bridgehead atoms. The number of carbonyl (C=O) groups is 3. The number of amides is 3. The molecule has 7 nitrogen and oxygen atoms in total. The maximum absolute atomic E-state index is 14.1. The second kappa shape index (κ2) is 11.3. The van der Waals surface area contributed by atoms with E-state index in [-0.39, 0.29) is 24.2 Å². The molecule has 5 rings (SSSR count). The Balaban J connectivity index is 1.52. The lowest BCUT2D eigenvalue weighted by Gasteiger charge is -2.26. The number of nitrogens with one attached hydrogen (secondary N) is 2. The summed E-state index contributed by atoms with van der Waals surface area (Å²) in [5, 5.41) is 7.54. The number of benzene rings is 2. The number of thiophene rings is 1. The van der Waals surface area contributed by atoms with Crippen LogP contribution >= 0.6 is 11.3 Å². The van der Waals surface area contributed by atoms with Crippen LogP contribution in [0.1, 0.15) is 65.4 Å². The average Bonchev–Trinajstić information content (AvgIpc) is 3.35. The van der Waals surface area contributed by atoms with Gasteiger partial charge >= 0.3 is 6.03 Å². The van der Waals surface area contributed by atoms with E-state index in [4.69, 9.17) is 4.99 Å². The molecule has 2 aliphatic rings. The number of Topliss-reactive ketones (excluding diaryl/α,β-unsaturated/α-hetero) is 1. The average molecular weight is 529 g/mol. The molecule has 8 heteroatoms. The first-order valence-corrected chi connectivity index (χ1v) is 14.0. The number of ketones is 1. The molecule has 0 spiro atoms. The second-order valence-corrected chi connectivity index (χ2v) is 10.9. The minimum absolute atomic E-state index is 0.0306. The topological polar surface area (TPSA) is 90.9 Å². The number of para-hydroxylation sites is 1. The molecule has 38 heavy (non-hydrogen) atoms. The Bertz CT molecular complexity index is 1390. The molecule has 1 atom stereocenters. The van der Waals surface area contributed by atoms with Gasteiger partial charge in [-0.1, -0.05) is 49.6 Å². The Morgan fingerprint density at radius 2 is 1.84 bits per heavy atom. The van der Waals surface area contributed by atoms with Gasteiger partial charge in [0, 0.05) is 17.2 Å². The number of aryl methyl sites for hydroxylation is 1. The maximum atomic E-state index is 14.1. The molecule has 1 saturated carbocycles. The summed E-state index contributed by atoms with van der Waals surface area (Å²) in [6.07, 6.45) is 4.34. The quantitative estimate of drug-likeness (QED) is 0.367. The summed E-state index contributed by atoms with van der Waals surface area (Å²) in [6, 6.07) is 16.7. The number of hydrogen-bond acceptors (Lipinski definition) is 5. The highest BCUT2D eigenvalue weighted by molar-refractivity contribution is 7.12.